The first-order valence-corrected chi connectivity index (χ1v) is 9.08. The van der Waals surface area contributed by atoms with Crippen molar-refractivity contribution in [3.05, 3.63) is 35.2 Å². The molecule has 4 atom stereocenters. The minimum absolute atomic E-state index is 0.0144. The molecule has 0 aliphatic carbocycles. The van der Waals surface area contributed by atoms with Crippen molar-refractivity contribution in [2.45, 2.75) is 55.9 Å². The van der Waals surface area contributed by atoms with Gasteiger partial charge in [0, 0.05) is 22.7 Å². The van der Waals surface area contributed by atoms with Crippen molar-refractivity contribution < 1.29 is 0 Å². The lowest BCUT2D eigenvalue weighted by atomic mass is 9.89. The van der Waals surface area contributed by atoms with Crippen molar-refractivity contribution >= 4 is 16.6 Å². The zero-order chi connectivity index (χ0) is 15.6. The van der Waals surface area contributed by atoms with Crippen molar-refractivity contribution in [3.8, 4) is 6.07 Å². The molecule has 0 aromatic heterocycles. The largest absolute Gasteiger partial charge is 0.242 e. The standard InChI is InChI=1S/C18H23N2S/c1-6-16-12(3)13(4)17(7-2)21(16)18-14(11-19)9-8-10-15(18)20-5/h8-10,12-13,16-17H,6-7H2,1-4H3/q+1. The Morgan fingerprint density at radius 2 is 1.76 bits per heavy atom. The van der Waals surface area contributed by atoms with Crippen LogP contribution in [0.1, 0.15) is 46.1 Å². The molecule has 1 aliphatic heterocycles. The minimum Gasteiger partial charge on any atom is -0.233 e. The summed E-state index contributed by atoms with van der Waals surface area (Å²) in [5, 5.41) is 10.7. The van der Waals surface area contributed by atoms with Crippen molar-refractivity contribution in [2.75, 3.05) is 0 Å². The molecule has 1 aromatic carbocycles. The zero-order valence-corrected chi connectivity index (χ0v) is 14.1. The normalized spacial score (nSPS) is 31.6. The smallest absolute Gasteiger partial charge is 0.233 e. The van der Waals surface area contributed by atoms with Crippen LogP contribution in [-0.4, -0.2) is 10.5 Å². The quantitative estimate of drug-likeness (QED) is 0.574. The first kappa shape index (κ1) is 15.9. The predicted octanol–water partition coefficient (Wildman–Crippen LogP) is 4.93. The van der Waals surface area contributed by atoms with E-state index in [9.17, 15) is 5.26 Å². The Balaban J connectivity index is 2.64. The molecule has 0 saturated carbocycles. The van der Waals surface area contributed by atoms with E-state index in [0.717, 1.165) is 17.7 Å². The molecule has 21 heavy (non-hydrogen) atoms. The fourth-order valence-electron chi connectivity index (χ4n) is 3.72. The average Bonchev–Trinajstić information content (AvgIpc) is 2.76. The van der Waals surface area contributed by atoms with E-state index >= 15 is 0 Å². The molecule has 4 unspecified atom stereocenters. The average molecular weight is 299 g/mol. The summed E-state index contributed by atoms with van der Waals surface area (Å²) in [6.45, 7) is 16.7. The van der Waals surface area contributed by atoms with Gasteiger partial charge >= 0.3 is 0 Å². The fraction of sp³-hybridized carbons (Fsp3) is 0.556. The number of nitriles is 1. The number of nitrogens with zero attached hydrogens (tertiary/aromatic N) is 2. The van der Waals surface area contributed by atoms with Crippen LogP contribution >= 0.6 is 0 Å². The maximum Gasteiger partial charge on any atom is 0.242 e. The van der Waals surface area contributed by atoms with Crippen LogP contribution in [0.15, 0.2) is 23.1 Å². The molecular weight excluding hydrogens is 276 g/mol. The Labute approximate surface area is 131 Å². The topological polar surface area (TPSA) is 28.1 Å². The highest BCUT2D eigenvalue weighted by molar-refractivity contribution is 7.98. The third-order valence-electron chi connectivity index (χ3n) is 4.93. The molecule has 0 amide bonds. The molecule has 1 fully saturated rings. The Kier molecular flexibility index (Phi) is 4.96. The van der Waals surface area contributed by atoms with Crippen molar-refractivity contribution in [2.24, 2.45) is 11.8 Å². The molecule has 0 bridgehead atoms. The molecule has 3 heteroatoms. The maximum atomic E-state index is 9.50. The highest BCUT2D eigenvalue weighted by Crippen LogP contribution is 2.48. The highest BCUT2D eigenvalue weighted by Gasteiger charge is 2.55. The minimum atomic E-state index is 0.0144. The van der Waals surface area contributed by atoms with E-state index in [-0.39, 0.29) is 10.9 Å². The molecule has 1 aliphatic rings. The van der Waals surface area contributed by atoms with Crippen LogP contribution in [0.4, 0.5) is 5.69 Å². The fourth-order valence-corrected chi connectivity index (χ4v) is 7.63. The molecule has 2 nitrogen and oxygen atoms in total. The van der Waals surface area contributed by atoms with Gasteiger partial charge in [-0.1, -0.05) is 39.8 Å². The zero-order valence-electron chi connectivity index (χ0n) is 13.3. The van der Waals surface area contributed by atoms with Gasteiger partial charge in [-0.25, -0.2) is 4.85 Å². The summed E-state index contributed by atoms with van der Waals surface area (Å²) in [6, 6.07) is 7.92. The van der Waals surface area contributed by atoms with Gasteiger partial charge in [-0.15, -0.1) is 0 Å². The molecule has 0 spiro atoms. The number of hydrogen-bond donors (Lipinski definition) is 0. The number of hydrogen-bond acceptors (Lipinski definition) is 1. The Hall–Kier alpha value is -1.45. The van der Waals surface area contributed by atoms with Gasteiger partial charge in [-0.2, -0.15) is 5.26 Å². The van der Waals surface area contributed by atoms with Gasteiger partial charge in [0.15, 0.2) is 4.90 Å². The van der Waals surface area contributed by atoms with Gasteiger partial charge in [0.05, 0.1) is 12.1 Å². The highest BCUT2D eigenvalue weighted by atomic mass is 32.2. The first-order valence-electron chi connectivity index (χ1n) is 7.73. The Morgan fingerprint density at radius 1 is 1.19 bits per heavy atom. The van der Waals surface area contributed by atoms with Crippen LogP contribution in [0.2, 0.25) is 0 Å². The van der Waals surface area contributed by atoms with Crippen LogP contribution in [-0.2, 0) is 10.9 Å². The van der Waals surface area contributed by atoms with Gasteiger partial charge in [-0.05, 0) is 18.9 Å². The number of benzene rings is 1. The van der Waals surface area contributed by atoms with Crippen LogP contribution in [0.5, 0.6) is 0 Å². The van der Waals surface area contributed by atoms with Crippen molar-refractivity contribution in [1.29, 1.82) is 5.26 Å². The van der Waals surface area contributed by atoms with E-state index in [4.69, 9.17) is 6.57 Å². The molecule has 1 heterocycles. The second-order valence-electron chi connectivity index (χ2n) is 5.86. The summed E-state index contributed by atoms with van der Waals surface area (Å²) in [5.41, 5.74) is 1.40. The Bertz CT molecular complexity index is 548. The number of rotatable bonds is 3. The summed E-state index contributed by atoms with van der Waals surface area (Å²) in [4.78, 5) is 4.76. The third kappa shape index (κ3) is 2.56. The van der Waals surface area contributed by atoms with Gasteiger partial charge in [0.1, 0.15) is 16.6 Å². The molecule has 2 rings (SSSR count). The summed E-state index contributed by atoms with van der Waals surface area (Å²) >= 11 is 0. The lowest BCUT2D eigenvalue weighted by Crippen LogP contribution is -2.26. The Morgan fingerprint density at radius 3 is 2.19 bits per heavy atom. The van der Waals surface area contributed by atoms with E-state index in [1.165, 1.54) is 0 Å². The first-order chi connectivity index (χ1) is 10.1. The van der Waals surface area contributed by atoms with Gasteiger partial charge in [0.2, 0.25) is 5.69 Å². The third-order valence-corrected chi connectivity index (χ3v) is 8.66. The van der Waals surface area contributed by atoms with Gasteiger partial charge in [-0.3, -0.25) is 0 Å². The van der Waals surface area contributed by atoms with Crippen LogP contribution in [0.3, 0.4) is 0 Å². The van der Waals surface area contributed by atoms with Crippen LogP contribution < -0.4 is 0 Å². The molecule has 0 N–H and O–H groups in total. The summed E-state index contributed by atoms with van der Waals surface area (Å²) in [6.07, 6.45) is 2.25. The van der Waals surface area contributed by atoms with Crippen molar-refractivity contribution in [1.82, 2.24) is 0 Å². The molecule has 1 saturated heterocycles. The predicted molar refractivity (Wildman–Crippen MR) is 89.5 cm³/mol. The molecule has 1 aromatic rings. The molecule has 110 valence electrons. The van der Waals surface area contributed by atoms with Crippen LogP contribution in [0, 0.1) is 29.7 Å². The lowest BCUT2D eigenvalue weighted by molar-refractivity contribution is 0.386. The van der Waals surface area contributed by atoms with Gasteiger partial charge < -0.3 is 0 Å². The maximum absolute atomic E-state index is 9.50. The molecule has 0 radical (unpaired) electrons. The van der Waals surface area contributed by atoms with Crippen LogP contribution in [0.25, 0.3) is 4.85 Å². The van der Waals surface area contributed by atoms with Gasteiger partial charge in [0.25, 0.3) is 0 Å². The summed E-state index contributed by atoms with van der Waals surface area (Å²) < 4.78 is 0. The lowest BCUT2D eigenvalue weighted by Gasteiger charge is -2.18. The van der Waals surface area contributed by atoms with Crippen molar-refractivity contribution in [3.63, 3.8) is 0 Å². The van der Waals surface area contributed by atoms with E-state index in [2.05, 4.69) is 38.6 Å². The monoisotopic (exact) mass is 299 g/mol. The second-order valence-corrected chi connectivity index (χ2v) is 8.22. The van der Waals surface area contributed by atoms with E-state index in [1.807, 2.05) is 18.2 Å². The van der Waals surface area contributed by atoms with E-state index in [0.29, 0.717) is 33.6 Å². The van der Waals surface area contributed by atoms with E-state index < -0.39 is 0 Å². The molecular formula is C18H23N2S+. The SMILES string of the molecule is [C-]#[N+]c1cccc(C#N)c1[S+]1C(CC)C(C)C(C)C1CC. The summed E-state index contributed by atoms with van der Waals surface area (Å²) in [5.74, 6) is 1.32. The van der Waals surface area contributed by atoms with E-state index in [1.54, 1.807) is 0 Å². The second kappa shape index (κ2) is 6.54. The summed E-state index contributed by atoms with van der Waals surface area (Å²) in [7, 11) is 0.0144.